The van der Waals surface area contributed by atoms with Crippen molar-refractivity contribution in [3.63, 3.8) is 0 Å². The Morgan fingerprint density at radius 3 is 2.63 bits per heavy atom. The standard InChI is InChI=1S/C14H18BrClINO/c1-3-9(4-2)12(16)8-18-14(19)11-7-10(15)5-6-13(11)17/h5-7,9,12H,3-4,8H2,1-2H3,(H,18,19). The lowest BCUT2D eigenvalue weighted by atomic mass is 9.99. The summed E-state index contributed by atoms with van der Waals surface area (Å²) in [5, 5.41) is 2.91. The number of hydrogen-bond donors (Lipinski definition) is 1. The third-order valence-corrected chi connectivity index (χ3v) is 5.14. The Labute approximate surface area is 141 Å². The van der Waals surface area contributed by atoms with Crippen molar-refractivity contribution in [2.24, 2.45) is 5.92 Å². The third kappa shape index (κ3) is 5.23. The minimum absolute atomic E-state index is 0.0104. The van der Waals surface area contributed by atoms with Crippen LogP contribution in [-0.2, 0) is 0 Å². The van der Waals surface area contributed by atoms with Gasteiger partial charge in [0.15, 0.2) is 0 Å². The van der Waals surface area contributed by atoms with Crippen LogP contribution in [0.4, 0.5) is 0 Å². The maximum atomic E-state index is 12.1. The van der Waals surface area contributed by atoms with E-state index in [-0.39, 0.29) is 11.3 Å². The summed E-state index contributed by atoms with van der Waals surface area (Å²) in [5.41, 5.74) is 0.684. The summed E-state index contributed by atoms with van der Waals surface area (Å²) in [6, 6.07) is 5.67. The van der Waals surface area contributed by atoms with E-state index in [1.54, 1.807) is 0 Å². The maximum Gasteiger partial charge on any atom is 0.252 e. The SMILES string of the molecule is CCC(CC)C(Cl)CNC(=O)c1cc(Br)ccc1I. The summed E-state index contributed by atoms with van der Waals surface area (Å²) in [4.78, 5) is 12.1. The van der Waals surface area contributed by atoms with E-state index in [1.807, 2.05) is 18.2 Å². The summed E-state index contributed by atoms with van der Waals surface area (Å²) >= 11 is 11.9. The van der Waals surface area contributed by atoms with Crippen molar-refractivity contribution in [2.75, 3.05) is 6.54 Å². The van der Waals surface area contributed by atoms with Crippen LogP contribution in [-0.4, -0.2) is 17.8 Å². The Hall–Kier alpha value is 0.190. The predicted molar refractivity (Wildman–Crippen MR) is 92.9 cm³/mol. The number of carbonyl (C=O) groups excluding carboxylic acids is 1. The van der Waals surface area contributed by atoms with Crippen molar-refractivity contribution in [1.29, 1.82) is 0 Å². The highest BCUT2D eigenvalue weighted by molar-refractivity contribution is 14.1. The van der Waals surface area contributed by atoms with E-state index in [2.05, 4.69) is 57.7 Å². The molecule has 0 bridgehead atoms. The molecule has 1 unspecified atom stereocenters. The fourth-order valence-corrected chi connectivity index (χ4v) is 3.30. The van der Waals surface area contributed by atoms with E-state index in [0.29, 0.717) is 18.0 Å². The zero-order valence-electron chi connectivity index (χ0n) is 11.1. The lowest BCUT2D eigenvalue weighted by Gasteiger charge is -2.19. The van der Waals surface area contributed by atoms with E-state index in [1.165, 1.54) is 0 Å². The first kappa shape index (κ1) is 17.2. The molecule has 0 saturated carbocycles. The Bertz CT molecular complexity index is 437. The molecule has 1 amide bonds. The maximum absolute atomic E-state index is 12.1. The van der Waals surface area contributed by atoms with E-state index in [9.17, 15) is 4.79 Å². The van der Waals surface area contributed by atoms with Gasteiger partial charge in [-0.2, -0.15) is 0 Å². The molecule has 1 aromatic carbocycles. The van der Waals surface area contributed by atoms with E-state index in [0.717, 1.165) is 20.9 Å². The first-order valence-corrected chi connectivity index (χ1v) is 8.67. The molecule has 0 aromatic heterocycles. The van der Waals surface area contributed by atoms with Gasteiger partial charge in [-0.1, -0.05) is 42.6 Å². The minimum Gasteiger partial charge on any atom is -0.351 e. The van der Waals surface area contributed by atoms with Gasteiger partial charge in [-0.25, -0.2) is 0 Å². The molecule has 1 N–H and O–H groups in total. The van der Waals surface area contributed by atoms with Gasteiger partial charge >= 0.3 is 0 Å². The average Bonchev–Trinajstić information content (AvgIpc) is 2.40. The first-order chi connectivity index (χ1) is 8.99. The Morgan fingerprint density at radius 2 is 2.05 bits per heavy atom. The Morgan fingerprint density at radius 1 is 1.42 bits per heavy atom. The summed E-state index contributed by atoms with van der Waals surface area (Å²) in [7, 11) is 0. The third-order valence-electron chi connectivity index (χ3n) is 3.19. The molecule has 1 atom stereocenters. The zero-order chi connectivity index (χ0) is 14.4. The Balaban J connectivity index is 2.63. The van der Waals surface area contributed by atoms with Crippen LogP contribution in [0.5, 0.6) is 0 Å². The average molecular weight is 459 g/mol. The molecule has 0 aliphatic carbocycles. The van der Waals surface area contributed by atoms with Gasteiger partial charge in [0.25, 0.3) is 5.91 Å². The molecule has 19 heavy (non-hydrogen) atoms. The fraction of sp³-hybridized carbons (Fsp3) is 0.500. The van der Waals surface area contributed by atoms with Crippen LogP contribution >= 0.6 is 50.1 Å². The van der Waals surface area contributed by atoms with Crippen LogP contribution in [0.2, 0.25) is 0 Å². The van der Waals surface area contributed by atoms with Crippen LogP contribution in [0, 0.1) is 9.49 Å². The molecular weight excluding hydrogens is 440 g/mol. The van der Waals surface area contributed by atoms with Gasteiger partial charge in [-0.05, 0) is 46.7 Å². The number of amides is 1. The number of alkyl halides is 1. The Kier molecular flexibility index (Phi) is 7.69. The molecule has 0 fully saturated rings. The number of hydrogen-bond acceptors (Lipinski definition) is 1. The first-order valence-electron chi connectivity index (χ1n) is 6.36. The highest BCUT2D eigenvalue weighted by Crippen LogP contribution is 2.20. The number of halogens is 3. The second-order valence-corrected chi connectivity index (χ2v) is 7.07. The molecule has 106 valence electrons. The number of carbonyl (C=O) groups is 1. The van der Waals surface area contributed by atoms with Crippen molar-refractivity contribution < 1.29 is 4.79 Å². The van der Waals surface area contributed by atoms with Crippen LogP contribution in [0.15, 0.2) is 22.7 Å². The number of rotatable bonds is 6. The van der Waals surface area contributed by atoms with Crippen molar-refractivity contribution in [1.82, 2.24) is 5.32 Å². The summed E-state index contributed by atoms with van der Waals surface area (Å²) in [5.74, 6) is 0.380. The highest BCUT2D eigenvalue weighted by Gasteiger charge is 2.17. The lowest BCUT2D eigenvalue weighted by Crippen LogP contribution is -2.33. The highest BCUT2D eigenvalue weighted by atomic mass is 127. The van der Waals surface area contributed by atoms with E-state index >= 15 is 0 Å². The van der Waals surface area contributed by atoms with Crippen LogP contribution < -0.4 is 5.32 Å². The molecule has 0 saturated heterocycles. The quantitative estimate of drug-likeness (QED) is 0.480. The van der Waals surface area contributed by atoms with Crippen LogP contribution in [0.1, 0.15) is 37.0 Å². The van der Waals surface area contributed by atoms with Crippen molar-refractivity contribution in [2.45, 2.75) is 32.1 Å². The van der Waals surface area contributed by atoms with E-state index < -0.39 is 0 Å². The second kappa shape index (κ2) is 8.47. The molecule has 1 aromatic rings. The largest absolute Gasteiger partial charge is 0.351 e. The topological polar surface area (TPSA) is 29.1 Å². The summed E-state index contributed by atoms with van der Waals surface area (Å²) in [6.45, 7) is 4.76. The minimum atomic E-state index is -0.0673. The molecule has 0 radical (unpaired) electrons. The number of benzene rings is 1. The van der Waals surface area contributed by atoms with Gasteiger partial charge in [0.1, 0.15) is 0 Å². The van der Waals surface area contributed by atoms with E-state index in [4.69, 9.17) is 11.6 Å². The van der Waals surface area contributed by atoms with Gasteiger partial charge in [0, 0.05) is 14.6 Å². The summed E-state index contributed by atoms with van der Waals surface area (Å²) < 4.78 is 1.84. The van der Waals surface area contributed by atoms with Crippen molar-refractivity contribution in [3.05, 3.63) is 31.8 Å². The molecule has 0 aliphatic heterocycles. The van der Waals surface area contributed by atoms with Gasteiger partial charge in [-0.3, -0.25) is 4.79 Å². The monoisotopic (exact) mass is 457 g/mol. The fourth-order valence-electron chi connectivity index (χ4n) is 1.92. The van der Waals surface area contributed by atoms with Crippen molar-refractivity contribution >= 4 is 56.0 Å². The molecule has 5 heteroatoms. The molecule has 2 nitrogen and oxygen atoms in total. The van der Waals surface area contributed by atoms with Gasteiger partial charge < -0.3 is 5.32 Å². The second-order valence-electron chi connectivity index (χ2n) is 4.43. The molecule has 0 spiro atoms. The normalized spacial score (nSPS) is 12.5. The zero-order valence-corrected chi connectivity index (χ0v) is 15.5. The summed E-state index contributed by atoms with van der Waals surface area (Å²) in [6.07, 6.45) is 2.07. The molecule has 0 aliphatic rings. The molecule has 1 rings (SSSR count). The van der Waals surface area contributed by atoms with Crippen LogP contribution in [0.25, 0.3) is 0 Å². The number of nitrogens with one attached hydrogen (secondary N) is 1. The molecule has 0 heterocycles. The van der Waals surface area contributed by atoms with Crippen LogP contribution in [0.3, 0.4) is 0 Å². The predicted octanol–water partition coefficient (Wildman–Crippen LogP) is 4.83. The van der Waals surface area contributed by atoms with Gasteiger partial charge in [0.2, 0.25) is 0 Å². The molecular formula is C14H18BrClINO. The van der Waals surface area contributed by atoms with Gasteiger partial charge in [-0.15, -0.1) is 11.6 Å². The van der Waals surface area contributed by atoms with Gasteiger partial charge in [0.05, 0.1) is 10.9 Å². The van der Waals surface area contributed by atoms with Crippen molar-refractivity contribution in [3.8, 4) is 0 Å². The lowest BCUT2D eigenvalue weighted by molar-refractivity contribution is 0.0950. The smallest absolute Gasteiger partial charge is 0.252 e.